The van der Waals surface area contributed by atoms with Gasteiger partial charge in [0, 0.05) is 30.5 Å². The van der Waals surface area contributed by atoms with E-state index in [-0.39, 0.29) is 10.8 Å². The second-order valence-corrected chi connectivity index (χ2v) is 9.73. The standard InChI is InChI=1S/C20H18N4O6S2/c25-32(26,24-6-9-27-10-7-24)16-4-1-3-14(11-16)19-21-22-20(29-19)31-13-15-12-18(30-23-15)17-5-2-8-28-17/h1-5,8,11-12H,6-7,9-10,13H2. The second-order valence-electron chi connectivity index (χ2n) is 6.87. The molecule has 4 aromatic rings. The first-order chi connectivity index (χ1) is 15.6. The molecule has 1 saturated heterocycles. The third-order valence-electron chi connectivity index (χ3n) is 4.76. The predicted octanol–water partition coefficient (Wildman–Crippen LogP) is 3.30. The number of benzene rings is 1. The monoisotopic (exact) mass is 474 g/mol. The fraction of sp³-hybridized carbons (Fsp3) is 0.250. The highest BCUT2D eigenvalue weighted by atomic mass is 32.2. The summed E-state index contributed by atoms with van der Waals surface area (Å²) in [6.07, 6.45) is 1.56. The Morgan fingerprint density at radius 2 is 1.91 bits per heavy atom. The number of rotatable bonds is 7. The Kier molecular flexibility index (Phi) is 5.83. The molecule has 32 heavy (non-hydrogen) atoms. The molecule has 1 fully saturated rings. The van der Waals surface area contributed by atoms with Crippen LogP contribution in [0.15, 0.2) is 72.2 Å². The van der Waals surface area contributed by atoms with E-state index >= 15 is 0 Å². The first kappa shape index (κ1) is 20.9. The van der Waals surface area contributed by atoms with Crippen LogP contribution in [0.25, 0.3) is 23.0 Å². The quantitative estimate of drug-likeness (QED) is 0.368. The van der Waals surface area contributed by atoms with Crippen molar-refractivity contribution in [3.05, 3.63) is 54.4 Å². The Morgan fingerprint density at radius 3 is 2.72 bits per heavy atom. The Labute approximate surface area is 187 Å². The van der Waals surface area contributed by atoms with Crippen molar-refractivity contribution in [1.82, 2.24) is 19.7 Å². The summed E-state index contributed by atoms with van der Waals surface area (Å²) in [6, 6.07) is 11.8. The molecule has 1 aliphatic rings. The molecule has 12 heteroatoms. The van der Waals surface area contributed by atoms with Gasteiger partial charge < -0.3 is 18.1 Å². The molecule has 0 spiro atoms. The van der Waals surface area contributed by atoms with Crippen LogP contribution in [0, 0.1) is 0 Å². The van der Waals surface area contributed by atoms with Crippen molar-refractivity contribution in [2.45, 2.75) is 15.9 Å². The summed E-state index contributed by atoms with van der Waals surface area (Å²) < 4.78 is 48.7. The summed E-state index contributed by atoms with van der Waals surface area (Å²) in [5.74, 6) is 1.83. The van der Waals surface area contributed by atoms with Crippen LogP contribution < -0.4 is 0 Å². The Balaban J connectivity index is 1.28. The van der Waals surface area contributed by atoms with Crippen LogP contribution in [-0.2, 0) is 20.5 Å². The lowest BCUT2D eigenvalue weighted by Gasteiger charge is -2.26. The van der Waals surface area contributed by atoms with Gasteiger partial charge in [-0.3, -0.25) is 0 Å². The molecule has 0 aliphatic carbocycles. The fourth-order valence-electron chi connectivity index (χ4n) is 3.16. The fourth-order valence-corrected chi connectivity index (χ4v) is 5.26. The van der Waals surface area contributed by atoms with Crippen molar-refractivity contribution in [2.24, 2.45) is 0 Å². The van der Waals surface area contributed by atoms with Gasteiger partial charge in [0.05, 0.1) is 30.1 Å². The molecular weight excluding hydrogens is 456 g/mol. The molecular formula is C20H18N4O6S2. The third kappa shape index (κ3) is 4.35. The average molecular weight is 475 g/mol. The highest BCUT2D eigenvalue weighted by Crippen LogP contribution is 2.29. The van der Waals surface area contributed by atoms with Gasteiger partial charge in [0.1, 0.15) is 0 Å². The van der Waals surface area contributed by atoms with E-state index in [4.69, 9.17) is 18.1 Å². The Hall–Kier alpha value is -2.93. The molecule has 0 radical (unpaired) electrons. The van der Waals surface area contributed by atoms with E-state index in [9.17, 15) is 8.42 Å². The van der Waals surface area contributed by atoms with Crippen LogP contribution in [0.5, 0.6) is 0 Å². The number of hydrogen-bond donors (Lipinski definition) is 0. The number of hydrogen-bond acceptors (Lipinski definition) is 10. The molecule has 0 amide bonds. The molecule has 0 N–H and O–H groups in total. The Morgan fingerprint density at radius 1 is 1.03 bits per heavy atom. The van der Waals surface area contributed by atoms with Crippen molar-refractivity contribution in [2.75, 3.05) is 26.3 Å². The molecule has 4 heterocycles. The maximum absolute atomic E-state index is 12.9. The molecule has 1 aliphatic heterocycles. The summed E-state index contributed by atoms with van der Waals surface area (Å²) in [6.45, 7) is 1.44. The van der Waals surface area contributed by atoms with Crippen molar-refractivity contribution in [1.29, 1.82) is 0 Å². The van der Waals surface area contributed by atoms with E-state index < -0.39 is 10.0 Å². The molecule has 3 aromatic heterocycles. The largest absolute Gasteiger partial charge is 0.461 e. The molecule has 10 nitrogen and oxygen atoms in total. The number of ether oxygens (including phenoxy) is 1. The van der Waals surface area contributed by atoms with Gasteiger partial charge in [-0.2, -0.15) is 4.31 Å². The van der Waals surface area contributed by atoms with Crippen LogP contribution in [0.2, 0.25) is 0 Å². The van der Waals surface area contributed by atoms with E-state index in [0.29, 0.717) is 60.1 Å². The molecule has 0 saturated carbocycles. The molecule has 0 atom stereocenters. The van der Waals surface area contributed by atoms with E-state index in [0.717, 1.165) is 0 Å². The lowest BCUT2D eigenvalue weighted by molar-refractivity contribution is 0.0730. The van der Waals surface area contributed by atoms with Gasteiger partial charge in [0.15, 0.2) is 5.76 Å². The summed E-state index contributed by atoms with van der Waals surface area (Å²) in [4.78, 5) is 0.178. The van der Waals surface area contributed by atoms with Crippen LogP contribution in [0.1, 0.15) is 5.69 Å². The Bertz CT molecular complexity index is 1290. The van der Waals surface area contributed by atoms with Crippen LogP contribution >= 0.6 is 11.8 Å². The number of nitrogens with zero attached hydrogens (tertiary/aromatic N) is 4. The second kappa shape index (κ2) is 8.90. The zero-order chi connectivity index (χ0) is 22.0. The summed E-state index contributed by atoms with van der Waals surface area (Å²) in [7, 11) is -3.62. The van der Waals surface area contributed by atoms with Gasteiger partial charge in [0.25, 0.3) is 5.22 Å². The number of sulfonamides is 1. The van der Waals surface area contributed by atoms with E-state index in [1.807, 2.05) is 0 Å². The van der Waals surface area contributed by atoms with E-state index in [1.165, 1.54) is 16.1 Å². The topological polar surface area (TPSA) is 125 Å². The van der Waals surface area contributed by atoms with Gasteiger partial charge in [-0.05, 0) is 30.3 Å². The van der Waals surface area contributed by atoms with Crippen LogP contribution in [0.3, 0.4) is 0 Å². The lowest BCUT2D eigenvalue weighted by atomic mass is 10.2. The highest BCUT2D eigenvalue weighted by Gasteiger charge is 2.27. The summed E-state index contributed by atoms with van der Waals surface area (Å²) in [5, 5.41) is 12.4. The van der Waals surface area contributed by atoms with Gasteiger partial charge in [-0.1, -0.05) is 23.0 Å². The minimum absolute atomic E-state index is 0.178. The highest BCUT2D eigenvalue weighted by molar-refractivity contribution is 7.98. The van der Waals surface area contributed by atoms with Crippen molar-refractivity contribution in [3.8, 4) is 23.0 Å². The molecule has 166 valence electrons. The van der Waals surface area contributed by atoms with Gasteiger partial charge in [-0.25, -0.2) is 8.42 Å². The lowest BCUT2D eigenvalue weighted by Crippen LogP contribution is -2.40. The number of aromatic nitrogens is 3. The van der Waals surface area contributed by atoms with E-state index in [1.54, 1.807) is 48.7 Å². The third-order valence-corrected chi connectivity index (χ3v) is 7.51. The SMILES string of the molecule is O=S(=O)(c1cccc(-c2nnc(SCc3cc(-c4ccco4)on3)o2)c1)N1CCOCC1. The van der Waals surface area contributed by atoms with Crippen molar-refractivity contribution < 1.29 is 26.5 Å². The average Bonchev–Trinajstić information content (AvgIpc) is 3.60. The summed E-state index contributed by atoms with van der Waals surface area (Å²) in [5.41, 5.74) is 1.22. The molecule has 5 rings (SSSR count). The molecule has 0 bridgehead atoms. The van der Waals surface area contributed by atoms with Gasteiger partial charge in [-0.15, -0.1) is 10.2 Å². The predicted molar refractivity (Wildman–Crippen MR) is 113 cm³/mol. The normalized spacial score (nSPS) is 15.2. The zero-order valence-corrected chi connectivity index (χ0v) is 18.3. The number of morpholine rings is 1. The minimum Gasteiger partial charge on any atom is -0.461 e. The van der Waals surface area contributed by atoms with Gasteiger partial charge >= 0.3 is 0 Å². The van der Waals surface area contributed by atoms with Crippen molar-refractivity contribution in [3.63, 3.8) is 0 Å². The molecule has 0 unspecified atom stereocenters. The van der Waals surface area contributed by atoms with Gasteiger partial charge in [0.2, 0.25) is 21.7 Å². The zero-order valence-electron chi connectivity index (χ0n) is 16.7. The first-order valence-corrected chi connectivity index (χ1v) is 12.2. The van der Waals surface area contributed by atoms with Crippen LogP contribution in [0.4, 0.5) is 0 Å². The number of thioether (sulfide) groups is 1. The van der Waals surface area contributed by atoms with E-state index in [2.05, 4.69) is 15.4 Å². The summed E-state index contributed by atoms with van der Waals surface area (Å²) >= 11 is 1.30. The minimum atomic E-state index is -3.62. The number of furan rings is 1. The first-order valence-electron chi connectivity index (χ1n) is 9.74. The molecule has 1 aromatic carbocycles. The van der Waals surface area contributed by atoms with Crippen molar-refractivity contribution >= 4 is 21.8 Å². The maximum Gasteiger partial charge on any atom is 0.277 e. The smallest absolute Gasteiger partial charge is 0.277 e. The maximum atomic E-state index is 12.9. The van der Waals surface area contributed by atoms with Crippen LogP contribution in [-0.4, -0.2) is 54.4 Å².